The highest BCUT2D eigenvalue weighted by Gasteiger charge is 2.06. The first-order chi connectivity index (χ1) is 12.1. The monoisotopic (exact) mass is 346 g/mol. The van der Waals surface area contributed by atoms with Gasteiger partial charge >= 0.3 is 0 Å². The molecule has 2 aromatic carbocycles. The molecule has 2 rings (SSSR count). The Hall–Kier alpha value is -2.76. The molecule has 0 saturated carbocycles. The van der Waals surface area contributed by atoms with Gasteiger partial charge in [0.15, 0.2) is 0 Å². The van der Waals surface area contributed by atoms with Crippen molar-refractivity contribution >= 4 is 11.6 Å². The van der Waals surface area contributed by atoms with Crippen LogP contribution in [0.4, 0.5) is 10.1 Å². The van der Waals surface area contributed by atoms with Gasteiger partial charge in [-0.15, -0.1) is 0 Å². The fourth-order valence-electron chi connectivity index (χ4n) is 2.34. The predicted molar refractivity (Wildman–Crippen MR) is 95.8 cm³/mol. The van der Waals surface area contributed by atoms with Crippen molar-refractivity contribution in [1.29, 1.82) is 0 Å². The van der Waals surface area contributed by atoms with E-state index in [0.717, 1.165) is 11.3 Å². The molecule has 0 fully saturated rings. The van der Waals surface area contributed by atoms with Crippen LogP contribution in [-0.4, -0.2) is 33.2 Å². The molecular formula is C19H23FN2O3. The molecule has 0 aliphatic heterocycles. The van der Waals surface area contributed by atoms with Gasteiger partial charge in [-0.2, -0.15) is 0 Å². The summed E-state index contributed by atoms with van der Waals surface area (Å²) in [5, 5.41) is 6.03. The summed E-state index contributed by atoms with van der Waals surface area (Å²) < 4.78 is 23.3. The van der Waals surface area contributed by atoms with E-state index in [1.807, 2.05) is 12.1 Å². The van der Waals surface area contributed by atoms with Gasteiger partial charge in [-0.05, 0) is 36.2 Å². The van der Waals surface area contributed by atoms with Crippen molar-refractivity contribution in [3.8, 4) is 11.5 Å². The number of methoxy groups -OCH3 is 2. The lowest BCUT2D eigenvalue weighted by molar-refractivity contribution is -0.120. The quantitative estimate of drug-likeness (QED) is 0.733. The average molecular weight is 346 g/mol. The zero-order valence-electron chi connectivity index (χ0n) is 14.5. The summed E-state index contributed by atoms with van der Waals surface area (Å²) >= 11 is 0. The van der Waals surface area contributed by atoms with Crippen molar-refractivity contribution in [2.45, 2.75) is 12.8 Å². The fourth-order valence-corrected chi connectivity index (χ4v) is 2.34. The Morgan fingerprint density at radius 3 is 2.48 bits per heavy atom. The number of nitrogens with one attached hydrogen (secondary N) is 2. The zero-order valence-corrected chi connectivity index (χ0v) is 14.5. The van der Waals surface area contributed by atoms with E-state index in [-0.39, 0.29) is 11.7 Å². The number of carbonyl (C=O) groups is 1. The summed E-state index contributed by atoms with van der Waals surface area (Å²) in [6, 6.07) is 11.7. The van der Waals surface area contributed by atoms with E-state index in [0.29, 0.717) is 37.4 Å². The Balaban J connectivity index is 1.70. The van der Waals surface area contributed by atoms with Crippen LogP contribution in [0.5, 0.6) is 11.5 Å². The van der Waals surface area contributed by atoms with Crippen LogP contribution in [0.15, 0.2) is 42.5 Å². The lowest BCUT2D eigenvalue weighted by Gasteiger charge is -2.12. The van der Waals surface area contributed by atoms with Gasteiger partial charge in [-0.1, -0.05) is 12.1 Å². The van der Waals surface area contributed by atoms with Gasteiger partial charge in [0, 0.05) is 25.6 Å². The third kappa shape index (κ3) is 5.99. The largest absolute Gasteiger partial charge is 0.497 e. The smallest absolute Gasteiger partial charge is 0.221 e. The first-order valence-electron chi connectivity index (χ1n) is 8.09. The number of hydrogen-bond acceptors (Lipinski definition) is 4. The van der Waals surface area contributed by atoms with Crippen LogP contribution in [0, 0.1) is 5.82 Å². The molecule has 0 aromatic heterocycles. The van der Waals surface area contributed by atoms with Gasteiger partial charge in [0.1, 0.15) is 17.3 Å². The second-order valence-electron chi connectivity index (χ2n) is 5.47. The molecule has 0 saturated heterocycles. The number of rotatable bonds is 9. The summed E-state index contributed by atoms with van der Waals surface area (Å²) in [7, 11) is 3.18. The lowest BCUT2D eigenvalue weighted by Crippen LogP contribution is -2.27. The number of ether oxygens (including phenoxy) is 2. The molecule has 25 heavy (non-hydrogen) atoms. The summed E-state index contributed by atoms with van der Waals surface area (Å²) in [5.41, 5.74) is 1.80. The van der Waals surface area contributed by atoms with E-state index >= 15 is 0 Å². The van der Waals surface area contributed by atoms with Crippen LogP contribution in [0.3, 0.4) is 0 Å². The zero-order chi connectivity index (χ0) is 18.1. The minimum absolute atomic E-state index is 0.0397. The standard InChI is InChI=1S/C19H23FN2O3/c1-24-16-7-8-17(18(13-16)25-2)21-12-10-19(23)22-11-9-14-3-5-15(20)6-4-14/h3-8,13,21H,9-12H2,1-2H3,(H,22,23). The first kappa shape index (κ1) is 18.6. The van der Waals surface area contributed by atoms with Gasteiger partial charge in [-0.3, -0.25) is 4.79 Å². The predicted octanol–water partition coefficient (Wildman–Crippen LogP) is 3.00. The molecule has 0 aliphatic rings. The van der Waals surface area contributed by atoms with Crippen LogP contribution in [0.25, 0.3) is 0 Å². The number of halogens is 1. The molecule has 0 bridgehead atoms. The van der Waals surface area contributed by atoms with Gasteiger partial charge in [0.25, 0.3) is 0 Å². The molecule has 0 aliphatic carbocycles. The molecule has 0 atom stereocenters. The van der Waals surface area contributed by atoms with Crippen LogP contribution in [0.2, 0.25) is 0 Å². The Morgan fingerprint density at radius 1 is 1.04 bits per heavy atom. The van der Waals surface area contributed by atoms with Crippen LogP contribution >= 0.6 is 0 Å². The summed E-state index contributed by atoms with van der Waals surface area (Å²) in [6.45, 7) is 1.02. The van der Waals surface area contributed by atoms with E-state index < -0.39 is 0 Å². The third-order valence-electron chi connectivity index (χ3n) is 3.73. The minimum atomic E-state index is -0.257. The van der Waals surface area contributed by atoms with E-state index in [2.05, 4.69) is 10.6 Å². The van der Waals surface area contributed by atoms with Crippen LogP contribution < -0.4 is 20.1 Å². The first-order valence-corrected chi connectivity index (χ1v) is 8.09. The molecule has 1 amide bonds. The highest BCUT2D eigenvalue weighted by atomic mass is 19.1. The van der Waals surface area contributed by atoms with E-state index in [9.17, 15) is 9.18 Å². The van der Waals surface area contributed by atoms with Gasteiger partial charge in [0.2, 0.25) is 5.91 Å². The van der Waals surface area contributed by atoms with Crippen LogP contribution in [-0.2, 0) is 11.2 Å². The van der Waals surface area contributed by atoms with Crippen molar-refractivity contribution in [2.24, 2.45) is 0 Å². The van der Waals surface area contributed by atoms with Gasteiger partial charge < -0.3 is 20.1 Å². The van der Waals surface area contributed by atoms with Crippen molar-refractivity contribution in [3.05, 3.63) is 53.8 Å². The molecule has 0 unspecified atom stereocenters. The van der Waals surface area contributed by atoms with E-state index in [4.69, 9.17) is 9.47 Å². The molecule has 2 N–H and O–H groups in total. The molecule has 6 heteroatoms. The van der Waals surface area contributed by atoms with E-state index in [1.54, 1.807) is 32.4 Å². The highest BCUT2D eigenvalue weighted by Crippen LogP contribution is 2.28. The van der Waals surface area contributed by atoms with E-state index in [1.165, 1.54) is 12.1 Å². The average Bonchev–Trinajstić information content (AvgIpc) is 2.63. The maximum Gasteiger partial charge on any atom is 0.221 e. The fraction of sp³-hybridized carbons (Fsp3) is 0.316. The summed E-state index contributed by atoms with van der Waals surface area (Å²) in [6.07, 6.45) is 1.02. The van der Waals surface area contributed by atoms with Gasteiger partial charge in [0.05, 0.1) is 19.9 Å². The number of benzene rings is 2. The Kier molecular flexibility index (Phi) is 7.07. The molecule has 0 heterocycles. The van der Waals surface area contributed by atoms with Crippen molar-refractivity contribution < 1.29 is 18.7 Å². The molecule has 5 nitrogen and oxygen atoms in total. The molecular weight excluding hydrogens is 323 g/mol. The molecule has 0 spiro atoms. The maximum atomic E-state index is 12.8. The van der Waals surface area contributed by atoms with Crippen LogP contribution in [0.1, 0.15) is 12.0 Å². The number of hydrogen-bond donors (Lipinski definition) is 2. The SMILES string of the molecule is COc1ccc(NCCC(=O)NCCc2ccc(F)cc2)c(OC)c1. The summed E-state index contributed by atoms with van der Waals surface area (Å²) in [5.74, 6) is 1.08. The summed E-state index contributed by atoms with van der Waals surface area (Å²) in [4.78, 5) is 11.9. The number of anilines is 1. The van der Waals surface area contributed by atoms with Crippen molar-refractivity contribution in [1.82, 2.24) is 5.32 Å². The number of amides is 1. The molecule has 2 aromatic rings. The number of carbonyl (C=O) groups excluding carboxylic acids is 1. The molecule has 0 radical (unpaired) electrons. The second kappa shape index (κ2) is 9.52. The maximum absolute atomic E-state index is 12.8. The Labute approximate surface area is 147 Å². The van der Waals surface area contributed by atoms with Crippen molar-refractivity contribution in [3.63, 3.8) is 0 Å². The Morgan fingerprint density at radius 2 is 1.80 bits per heavy atom. The van der Waals surface area contributed by atoms with Crippen molar-refractivity contribution in [2.75, 3.05) is 32.6 Å². The second-order valence-corrected chi connectivity index (χ2v) is 5.47. The lowest BCUT2D eigenvalue weighted by atomic mass is 10.1. The van der Waals surface area contributed by atoms with Gasteiger partial charge in [-0.25, -0.2) is 4.39 Å². The normalized spacial score (nSPS) is 10.2. The molecule has 134 valence electrons. The Bertz CT molecular complexity index is 690. The third-order valence-corrected chi connectivity index (χ3v) is 3.73. The topological polar surface area (TPSA) is 59.6 Å². The highest BCUT2D eigenvalue weighted by molar-refractivity contribution is 5.76. The minimum Gasteiger partial charge on any atom is -0.497 e.